The second kappa shape index (κ2) is 10.0. The first-order valence-electron chi connectivity index (χ1n) is 5.42. The first-order valence-corrected chi connectivity index (χ1v) is 5.42. The van der Waals surface area contributed by atoms with Crippen molar-refractivity contribution in [2.75, 3.05) is 55.4 Å². The van der Waals surface area contributed by atoms with E-state index in [1.165, 1.54) is 13.1 Å². The van der Waals surface area contributed by atoms with Crippen molar-refractivity contribution in [2.45, 2.75) is 13.8 Å². The zero-order valence-electron chi connectivity index (χ0n) is 12.1. The summed E-state index contributed by atoms with van der Waals surface area (Å²) in [6.07, 6.45) is 0. The summed E-state index contributed by atoms with van der Waals surface area (Å²) in [5.74, 6) is 0. The summed E-state index contributed by atoms with van der Waals surface area (Å²) in [5.41, 5.74) is 0. The highest BCUT2D eigenvalue weighted by Crippen LogP contribution is 1.84. The molecule has 4 nitrogen and oxygen atoms in total. The lowest BCUT2D eigenvalue weighted by Crippen LogP contribution is -2.39. The Balaban J connectivity index is -0.000000162. The van der Waals surface area contributed by atoms with E-state index in [2.05, 4.69) is 56.1 Å². The van der Waals surface area contributed by atoms with Gasteiger partial charge in [0.25, 0.3) is 0 Å². The maximum atomic E-state index is 9.89. The highest BCUT2D eigenvalue weighted by atomic mass is 19.1. The number of hydrogen-bond acceptors (Lipinski definition) is 2. The monoisotopic (exact) mass is 238 g/mol. The van der Waals surface area contributed by atoms with Gasteiger partial charge >= 0.3 is 0 Å². The van der Waals surface area contributed by atoms with Crippen molar-refractivity contribution < 1.29 is 23.3 Å². The molecule has 0 saturated heterocycles. The Hall–Kier alpha value is -0.165. The van der Waals surface area contributed by atoms with Gasteiger partial charge in [0, 0.05) is 0 Å². The van der Waals surface area contributed by atoms with E-state index in [1.54, 1.807) is 0 Å². The van der Waals surface area contributed by atoms with Crippen LogP contribution >= 0.6 is 0 Å². The number of rotatable bonds is 2. The minimum Gasteiger partial charge on any atom is -0.867 e. The average Bonchev–Trinajstić information content (AvgIpc) is 2.02. The molecule has 16 heavy (non-hydrogen) atoms. The van der Waals surface area contributed by atoms with Gasteiger partial charge in [0.05, 0.1) is 55.4 Å². The molecule has 6 heteroatoms. The van der Waals surface area contributed by atoms with Crippen LogP contribution in [0.1, 0.15) is 13.8 Å². The Morgan fingerprint density at radius 2 is 0.875 bits per heavy atom. The Morgan fingerprint density at radius 3 is 0.875 bits per heavy atom. The molecule has 0 spiro atoms. The number of nitrogens with zero attached hydrogens (tertiary/aromatic N) is 2. The molecule has 0 fully saturated rings. The van der Waals surface area contributed by atoms with Crippen molar-refractivity contribution in [1.29, 1.82) is 0 Å². The Labute approximate surface area is 101 Å². The smallest absolute Gasteiger partial charge is 0.121 e. The summed E-state index contributed by atoms with van der Waals surface area (Å²) in [6, 6.07) is 0. The predicted octanol–water partition coefficient (Wildman–Crippen LogP) is -0.914. The predicted molar refractivity (Wildman–Crippen MR) is 64.0 cm³/mol. The molecular formula is C10H28BFN2O2. The summed E-state index contributed by atoms with van der Waals surface area (Å²) in [7, 11) is 9.92. The van der Waals surface area contributed by atoms with Gasteiger partial charge in [-0.3, -0.25) is 0 Å². The second-order valence-electron chi connectivity index (χ2n) is 5.49. The lowest BCUT2D eigenvalue weighted by molar-refractivity contribution is -0.868. The summed E-state index contributed by atoms with van der Waals surface area (Å²) >= 11 is 0. The maximum absolute atomic E-state index is 9.89. The van der Waals surface area contributed by atoms with Gasteiger partial charge in [0.15, 0.2) is 0 Å². The lowest BCUT2D eigenvalue weighted by atomic mass is 10.3. The summed E-state index contributed by atoms with van der Waals surface area (Å²) in [5, 5.41) is 16.6. The Bertz CT molecular complexity index is 128. The molecule has 0 amide bonds. The first-order chi connectivity index (χ1) is 6.85. The molecule has 0 aromatic heterocycles. The van der Waals surface area contributed by atoms with Crippen LogP contribution in [-0.4, -0.2) is 71.7 Å². The van der Waals surface area contributed by atoms with Crippen molar-refractivity contribution in [3.63, 3.8) is 0 Å². The second-order valence-corrected chi connectivity index (χ2v) is 5.49. The molecule has 0 bridgehead atoms. The fourth-order valence-corrected chi connectivity index (χ4v) is 0. The van der Waals surface area contributed by atoms with Crippen LogP contribution in [0.2, 0.25) is 0 Å². The van der Waals surface area contributed by atoms with E-state index in [4.69, 9.17) is 10.0 Å². The molecule has 0 heterocycles. The van der Waals surface area contributed by atoms with Gasteiger partial charge < -0.3 is 23.3 Å². The summed E-state index contributed by atoms with van der Waals surface area (Å²) in [4.78, 5) is 0. The molecular weight excluding hydrogens is 210 g/mol. The molecule has 0 N–H and O–H groups in total. The fourth-order valence-electron chi connectivity index (χ4n) is 0. The third-order valence-corrected chi connectivity index (χ3v) is 1.90. The van der Waals surface area contributed by atoms with Crippen molar-refractivity contribution >= 4 is 7.40 Å². The highest BCUT2D eigenvalue weighted by Gasteiger charge is 1.98. The maximum Gasteiger partial charge on any atom is 0.121 e. The molecule has 100 valence electrons. The number of quaternary nitrogens is 2. The third kappa shape index (κ3) is 66.9. The average molecular weight is 238 g/mol. The van der Waals surface area contributed by atoms with E-state index in [0.29, 0.717) is 0 Å². The van der Waals surface area contributed by atoms with E-state index in [-0.39, 0.29) is 0 Å². The zero-order valence-corrected chi connectivity index (χ0v) is 12.1. The largest absolute Gasteiger partial charge is 0.867 e. The van der Waals surface area contributed by atoms with Crippen LogP contribution in [0.15, 0.2) is 0 Å². The van der Waals surface area contributed by atoms with Crippen molar-refractivity contribution in [3.05, 3.63) is 0 Å². The third-order valence-electron chi connectivity index (χ3n) is 1.90. The van der Waals surface area contributed by atoms with Gasteiger partial charge in [-0.2, -0.15) is 0 Å². The van der Waals surface area contributed by atoms with E-state index >= 15 is 0 Å². The zero-order chi connectivity index (χ0) is 14.0. The van der Waals surface area contributed by atoms with Crippen LogP contribution in [-0.2, 0) is 0 Å². The van der Waals surface area contributed by atoms with Gasteiger partial charge in [-0.25, -0.2) is 0 Å². The highest BCUT2D eigenvalue weighted by molar-refractivity contribution is 6.27. The van der Waals surface area contributed by atoms with E-state index in [0.717, 1.165) is 8.97 Å². The normalized spacial score (nSPS) is 10.7. The first kappa shape index (κ1) is 21.2. The summed E-state index contributed by atoms with van der Waals surface area (Å²) in [6.45, 7) is 6.78. The van der Waals surface area contributed by atoms with Gasteiger partial charge in [0.1, 0.15) is 7.40 Å². The van der Waals surface area contributed by atoms with E-state index in [1.807, 2.05) is 0 Å². The minimum absolute atomic E-state index is 1.07. The van der Waals surface area contributed by atoms with Crippen molar-refractivity contribution in [1.82, 2.24) is 0 Å². The van der Waals surface area contributed by atoms with Crippen molar-refractivity contribution in [2.24, 2.45) is 0 Å². The standard InChI is InChI=1S/2C5H14N.BFO2/c2*1-5-6(2,3)4;2-1(3)4/h2*5H2,1-4H3;/q2*+1;-2. The van der Waals surface area contributed by atoms with Gasteiger partial charge in [0.2, 0.25) is 0 Å². The van der Waals surface area contributed by atoms with Crippen LogP contribution in [0.3, 0.4) is 0 Å². The molecule has 0 radical (unpaired) electrons. The number of halogens is 1. The molecule has 0 rings (SSSR count). The Kier molecular flexibility index (Phi) is 13.2. The fraction of sp³-hybridized carbons (Fsp3) is 1.00. The van der Waals surface area contributed by atoms with Gasteiger partial charge in [-0.1, -0.05) is 0 Å². The number of hydrogen-bond donors (Lipinski definition) is 0. The van der Waals surface area contributed by atoms with Crippen LogP contribution < -0.4 is 10.0 Å². The summed E-state index contributed by atoms with van der Waals surface area (Å²) < 4.78 is 12.0. The molecule has 0 aliphatic heterocycles. The molecule has 0 aromatic rings. The van der Waals surface area contributed by atoms with Crippen molar-refractivity contribution in [3.8, 4) is 0 Å². The molecule has 0 aliphatic rings. The van der Waals surface area contributed by atoms with E-state index < -0.39 is 7.40 Å². The molecule has 0 aliphatic carbocycles. The topological polar surface area (TPSA) is 46.1 Å². The van der Waals surface area contributed by atoms with Gasteiger partial charge in [-0.05, 0) is 13.8 Å². The molecule has 0 atom stereocenters. The lowest BCUT2D eigenvalue weighted by Gasteiger charge is -2.20. The molecule has 0 saturated carbocycles. The van der Waals surface area contributed by atoms with Crippen LogP contribution in [0.5, 0.6) is 0 Å². The quantitative estimate of drug-likeness (QED) is 0.461. The minimum atomic E-state index is -3.17. The SMILES string of the molecule is CC[N+](C)(C)C.CC[N+](C)(C)C.[O-]B([O-])F. The molecule has 0 unspecified atom stereocenters. The van der Waals surface area contributed by atoms with E-state index in [9.17, 15) is 4.32 Å². The van der Waals surface area contributed by atoms with Gasteiger partial charge in [-0.15, -0.1) is 0 Å². The van der Waals surface area contributed by atoms with Crippen LogP contribution in [0.4, 0.5) is 4.32 Å². The molecule has 0 aromatic carbocycles. The van der Waals surface area contributed by atoms with Crippen LogP contribution in [0.25, 0.3) is 0 Å². The Morgan fingerprint density at radius 1 is 0.812 bits per heavy atom. The van der Waals surface area contributed by atoms with Crippen LogP contribution in [0, 0.1) is 0 Å².